The first-order valence-corrected chi connectivity index (χ1v) is 7.54. The third-order valence-electron chi connectivity index (χ3n) is 4.01. The quantitative estimate of drug-likeness (QED) is 0.859. The van der Waals surface area contributed by atoms with Crippen LogP contribution in [0.5, 0.6) is 5.75 Å². The molecule has 1 aliphatic carbocycles. The zero-order valence-electron chi connectivity index (χ0n) is 12.2. The van der Waals surface area contributed by atoms with Gasteiger partial charge in [0.1, 0.15) is 5.75 Å². The highest BCUT2D eigenvalue weighted by Crippen LogP contribution is 2.24. The molecule has 0 aromatic heterocycles. The van der Waals surface area contributed by atoms with Gasteiger partial charge >= 0.3 is 0 Å². The number of nitrogens with one attached hydrogen (secondary N) is 1. The van der Waals surface area contributed by atoms with Crippen LogP contribution in [0.25, 0.3) is 0 Å². The van der Waals surface area contributed by atoms with Crippen LogP contribution in [0.3, 0.4) is 0 Å². The molecule has 2 aliphatic rings. The molecule has 20 heavy (non-hydrogen) atoms. The Labute approximate surface area is 121 Å². The first-order valence-electron chi connectivity index (χ1n) is 7.54. The van der Waals surface area contributed by atoms with Crippen molar-refractivity contribution in [2.75, 3.05) is 33.4 Å². The molecule has 0 bridgehead atoms. The van der Waals surface area contributed by atoms with Crippen LogP contribution in [0.15, 0.2) is 18.2 Å². The van der Waals surface area contributed by atoms with E-state index in [-0.39, 0.29) is 0 Å². The van der Waals surface area contributed by atoms with Crippen molar-refractivity contribution in [2.45, 2.75) is 32.0 Å². The van der Waals surface area contributed by atoms with Crippen molar-refractivity contribution in [3.63, 3.8) is 0 Å². The van der Waals surface area contributed by atoms with Gasteiger partial charge in [0.2, 0.25) is 0 Å². The van der Waals surface area contributed by atoms with Gasteiger partial charge in [-0.3, -0.25) is 4.90 Å². The van der Waals surface area contributed by atoms with Crippen LogP contribution in [0.2, 0.25) is 0 Å². The van der Waals surface area contributed by atoms with Crippen LogP contribution in [0, 0.1) is 0 Å². The third-order valence-corrected chi connectivity index (χ3v) is 4.01. The topological polar surface area (TPSA) is 33.7 Å². The van der Waals surface area contributed by atoms with Gasteiger partial charge in [0.25, 0.3) is 0 Å². The molecule has 0 radical (unpaired) electrons. The average Bonchev–Trinajstić information content (AvgIpc) is 3.31. The Balaban J connectivity index is 1.65. The fourth-order valence-corrected chi connectivity index (χ4v) is 2.63. The molecule has 1 heterocycles. The maximum Gasteiger partial charge on any atom is 0.123 e. The summed E-state index contributed by atoms with van der Waals surface area (Å²) >= 11 is 0. The van der Waals surface area contributed by atoms with E-state index in [0.717, 1.165) is 51.2 Å². The van der Waals surface area contributed by atoms with Gasteiger partial charge in [-0.25, -0.2) is 0 Å². The lowest BCUT2D eigenvalue weighted by Crippen LogP contribution is -2.35. The van der Waals surface area contributed by atoms with Gasteiger partial charge in [-0.15, -0.1) is 0 Å². The molecule has 1 aromatic carbocycles. The largest absolute Gasteiger partial charge is 0.496 e. The summed E-state index contributed by atoms with van der Waals surface area (Å²) in [7, 11) is 1.75. The summed E-state index contributed by atoms with van der Waals surface area (Å²) in [5.74, 6) is 0.990. The molecule has 0 atom stereocenters. The standard InChI is InChI=1S/C16H24N2O2/c1-19-16-5-2-13(12-18-6-8-20-9-7-18)10-14(16)11-17-15-3-4-15/h2,5,10,15,17H,3-4,6-9,11-12H2,1H3. The first-order chi connectivity index (χ1) is 9.85. The van der Waals surface area contributed by atoms with Gasteiger partial charge in [-0.2, -0.15) is 0 Å². The minimum Gasteiger partial charge on any atom is -0.496 e. The number of rotatable bonds is 6. The van der Waals surface area contributed by atoms with Crippen LogP contribution in [0.1, 0.15) is 24.0 Å². The Bertz CT molecular complexity index is 440. The lowest BCUT2D eigenvalue weighted by atomic mass is 10.1. The van der Waals surface area contributed by atoms with Crippen LogP contribution >= 0.6 is 0 Å². The van der Waals surface area contributed by atoms with Crippen LogP contribution in [-0.4, -0.2) is 44.4 Å². The molecule has 1 N–H and O–H groups in total. The number of ether oxygens (including phenoxy) is 2. The molecule has 0 unspecified atom stereocenters. The molecule has 2 fully saturated rings. The molecule has 1 saturated heterocycles. The lowest BCUT2D eigenvalue weighted by Gasteiger charge is -2.26. The summed E-state index contributed by atoms with van der Waals surface area (Å²) in [4.78, 5) is 2.45. The Morgan fingerprint density at radius 3 is 2.80 bits per heavy atom. The van der Waals surface area contributed by atoms with E-state index in [1.54, 1.807) is 7.11 Å². The van der Waals surface area contributed by atoms with Crippen molar-refractivity contribution >= 4 is 0 Å². The molecular weight excluding hydrogens is 252 g/mol. The van der Waals surface area contributed by atoms with E-state index in [2.05, 4.69) is 28.4 Å². The Hall–Kier alpha value is -1.10. The lowest BCUT2D eigenvalue weighted by molar-refractivity contribution is 0.0342. The molecule has 3 rings (SSSR count). The maximum absolute atomic E-state index is 5.47. The van der Waals surface area contributed by atoms with Crippen molar-refractivity contribution in [1.82, 2.24) is 10.2 Å². The second-order valence-electron chi connectivity index (χ2n) is 5.69. The highest BCUT2D eigenvalue weighted by molar-refractivity contribution is 5.37. The predicted octanol–water partition coefficient (Wildman–Crippen LogP) is 1.78. The van der Waals surface area contributed by atoms with Gasteiger partial charge in [0.15, 0.2) is 0 Å². The minimum absolute atomic E-state index is 0.725. The number of nitrogens with zero attached hydrogens (tertiary/aromatic N) is 1. The SMILES string of the molecule is COc1ccc(CN2CCOCC2)cc1CNC1CC1. The Morgan fingerprint density at radius 1 is 1.30 bits per heavy atom. The smallest absolute Gasteiger partial charge is 0.123 e. The van der Waals surface area contributed by atoms with E-state index in [1.807, 2.05) is 0 Å². The van der Waals surface area contributed by atoms with E-state index in [1.165, 1.54) is 24.0 Å². The molecule has 0 spiro atoms. The van der Waals surface area contributed by atoms with Crippen molar-refractivity contribution in [1.29, 1.82) is 0 Å². The molecule has 4 nitrogen and oxygen atoms in total. The van der Waals surface area contributed by atoms with Crippen molar-refractivity contribution < 1.29 is 9.47 Å². The summed E-state index contributed by atoms with van der Waals surface area (Å²) in [5, 5.41) is 3.56. The fourth-order valence-electron chi connectivity index (χ4n) is 2.63. The van der Waals surface area contributed by atoms with Crippen LogP contribution < -0.4 is 10.1 Å². The fraction of sp³-hybridized carbons (Fsp3) is 0.625. The van der Waals surface area contributed by atoms with Gasteiger partial charge in [-0.1, -0.05) is 6.07 Å². The Morgan fingerprint density at radius 2 is 2.10 bits per heavy atom. The van der Waals surface area contributed by atoms with Gasteiger partial charge < -0.3 is 14.8 Å². The van der Waals surface area contributed by atoms with Gasteiger partial charge in [-0.05, 0) is 30.5 Å². The van der Waals surface area contributed by atoms with E-state index in [4.69, 9.17) is 9.47 Å². The van der Waals surface area contributed by atoms with E-state index in [0.29, 0.717) is 0 Å². The zero-order valence-corrected chi connectivity index (χ0v) is 12.2. The zero-order chi connectivity index (χ0) is 13.8. The molecule has 0 amide bonds. The molecular formula is C16H24N2O2. The van der Waals surface area contributed by atoms with E-state index < -0.39 is 0 Å². The summed E-state index contributed by atoms with van der Waals surface area (Å²) in [6.45, 7) is 5.68. The highest BCUT2D eigenvalue weighted by atomic mass is 16.5. The number of methoxy groups -OCH3 is 1. The second kappa shape index (κ2) is 6.57. The summed E-state index contributed by atoms with van der Waals surface area (Å²) in [6, 6.07) is 7.28. The van der Waals surface area contributed by atoms with E-state index >= 15 is 0 Å². The molecule has 1 aromatic rings. The average molecular weight is 276 g/mol. The van der Waals surface area contributed by atoms with Crippen molar-refractivity contribution in [3.8, 4) is 5.75 Å². The maximum atomic E-state index is 5.47. The molecule has 1 saturated carbocycles. The van der Waals surface area contributed by atoms with Gasteiger partial charge in [0.05, 0.1) is 20.3 Å². The second-order valence-corrected chi connectivity index (χ2v) is 5.69. The molecule has 1 aliphatic heterocycles. The highest BCUT2D eigenvalue weighted by Gasteiger charge is 2.20. The van der Waals surface area contributed by atoms with Crippen molar-refractivity contribution in [2.24, 2.45) is 0 Å². The molecule has 4 heteroatoms. The third kappa shape index (κ3) is 3.72. The normalized spacial score (nSPS) is 20.1. The number of hydrogen-bond acceptors (Lipinski definition) is 4. The number of morpholine rings is 1. The monoisotopic (exact) mass is 276 g/mol. The van der Waals surface area contributed by atoms with Crippen LogP contribution in [0.4, 0.5) is 0 Å². The summed E-state index contributed by atoms with van der Waals surface area (Å²) in [5.41, 5.74) is 2.63. The van der Waals surface area contributed by atoms with E-state index in [9.17, 15) is 0 Å². The summed E-state index contributed by atoms with van der Waals surface area (Å²) < 4.78 is 10.9. The van der Waals surface area contributed by atoms with Gasteiger partial charge in [0, 0.05) is 37.8 Å². The number of hydrogen-bond donors (Lipinski definition) is 1. The summed E-state index contributed by atoms with van der Waals surface area (Å²) in [6.07, 6.45) is 2.63. The minimum atomic E-state index is 0.725. The van der Waals surface area contributed by atoms with Crippen molar-refractivity contribution in [3.05, 3.63) is 29.3 Å². The number of benzene rings is 1. The molecule has 110 valence electrons. The Kier molecular flexibility index (Phi) is 4.55. The first kappa shape index (κ1) is 13.9. The predicted molar refractivity (Wildman–Crippen MR) is 79.0 cm³/mol. The van der Waals surface area contributed by atoms with Crippen LogP contribution in [-0.2, 0) is 17.8 Å².